The zero-order valence-electron chi connectivity index (χ0n) is 8.47. The van der Waals surface area contributed by atoms with Crippen molar-refractivity contribution in [1.29, 1.82) is 0 Å². The molecule has 3 heteroatoms. The Hall–Kier alpha value is -0.830. The monoisotopic (exact) mass is 191 g/mol. The number of nitrogens with zero attached hydrogens (tertiary/aromatic N) is 1. The van der Waals surface area contributed by atoms with Crippen molar-refractivity contribution >= 4 is 0 Å². The molecule has 2 aliphatic rings. The van der Waals surface area contributed by atoms with E-state index in [0.29, 0.717) is 0 Å². The molecule has 2 N–H and O–H groups in total. The van der Waals surface area contributed by atoms with Crippen molar-refractivity contribution in [1.82, 2.24) is 15.3 Å². The highest BCUT2D eigenvalue weighted by atomic mass is 15.0. The number of H-pyrrole nitrogens is 1. The smallest absolute Gasteiger partial charge is 0.109 e. The standard InChI is InChI=1S/C11H17N3/c1-2-4-8(3-1)11-13-9-5-6-12-7-10(9)14-11/h8,12H,1-7H2,(H,13,14). The summed E-state index contributed by atoms with van der Waals surface area (Å²) in [5.74, 6) is 1.98. The molecule has 1 aromatic heterocycles. The van der Waals surface area contributed by atoms with E-state index in [-0.39, 0.29) is 0 Å². The van der Waals surface area contributed by atoms with Crippen LogP contribution in [0, 0.1) is 0 Å². The topological polar surface area (TPSA) is 40.7 Å². The van der Waals surface area contributed by atoms with Crippen LogP contribution in [0.4, 0.5) is 0 Å². The van der Waals surface area contributed by atoms with Gasteiger partial charge in [-0.1, -0.05) is 12.8 Å². The van der Waals surface area contributed by atoms with Crippen LogP contribution in [0.2, 0.25) is 0 Å². The molecule has 1 aliphatic carbocycles. The maximum absolute atomic E-state index is 4.74. The normalized spacial score (nSPS) is 22.6. The summed E-state index contributed by atoms with van der Waals surface area (Å²) >= 11 is 0. The lowest BCUT2D eigenvalue weighted by molar-refractivity contribution is 0.627. The molecule has 0 radical (unpaired) electrons. The number of aromatic nitrogens is 2. The zero-order chi connectivity index (χ0) is 9.38. The first-order chi connectivity index (χ1) is 6.93. The molecule has 0 saturated heterocycles. The molecule has 1 saturated carbocycles. The summed E-state index contributed by atoms with van der Waals surface area (Å²) in [6, 6.07) is 0. The number of fused-ring (bicyclic) bond motifs is 1. The van der Waals surface area contributed by atoms with Crippen molar-refractivity contribution in [2.24, 2.45) is 0 Å². The average Bonchev–Trinajstić information content (AvgIpc) is 2.86. The number of rotatable bonds is 1. The number of hydrogen-bond acceptors (Lipinski definition) is 2. The first-order valence-electron chi connectivity index (χ1n) is 5.72. The minimum absolute atomic E-state index is 0.723. The molecule has 0 unspecified atom stereocenters. The number of hydrogen-bond donors (Lipinski definition) is 2. The Morgan fingerprint density at radius 3 is 2.86 bits per heavy atom. The Kier molecular flexibility index (Phi) is 2.05. The Morgan fingerprint density at radius 1 is 1.21 bits per heavy atom. The summed E-state index contributed by atoms with van der Waals surface area (Å²) in [5, 5.41) is 3.37. The first kappa shape index (κ1) is 8.48. The number of nitrogens with one attached hydrogen (secondary N) is 2. The Morgan fingerprint density at radius 2 is 2.07 bits per heavy atom. The van der Waals surface area contributed by atoms with Crippen LogP contribution in [0.25, 0.3) is 0 Å². The second-order valence-corrected chi connectivity index (χ2v) is 4.46. The van der Waals surface area contributed by atoms with Gasteiger partial charge in [0.2, 0.25) is 0 Å². The minimum atomic E-state index is 0.723. The lowest BCUT2D eigenvalue weighted by atomic mass is 10.1. The van der Waals surface area contributed by atoms with Gasteiger partial charge in [-0.15, -0.1) is 0 Å². The van der Waals surface area contributed by atoms with Gasteiger partial charge in [-0.3, -0.25) is 0 Å². The maximum atomic E-state index is 4.74. The van der Waals surface area contributed by atoms with E-state index in [4.69, 9.17) is 4.98 Å². The molecular formula is C11H17N3. The highest BCUT2D eigenvalue weighted by molar-refractivity contribution is 5.19. The Bertz CT molecular complexity index is 300. The highest BCUT2D eigenvalue weighted by Gasteiger charge is 2.22. The predicted molar refractivity (Wildman–Crippen MR) is 55.2 cm³/mol. The van der Waals surface area contributed by atoms with E-state index in [0.717, 1.165) is 25.4 Å². The summed E-state index contributed by atoms with van der Waals surface area (Å²) in [5.41, 5.74) is 2.64. The number of aromatic amines is 1. The van der Waals surface area contributed by atoms with Gasteiger partial charge in [-0.2, -0.15) is 0 Å². The van der Waals surface area contributed by atoms with Crippen molar-refractivity contribution in [3.63, 3.8) is 0 Å². The summed E-state index contributed by atoms with van der Waals surface area (Å²) in [4.78, 5) is 8.24. The lowest BCUT2D eigenvalue weighted by Gasteiger charge is -2.09. The van der Waals surface area contributed by atoms with Gasteiger partial charge in [0.25, 0.3) is 0 Å². The van der Waals surface area contributed by atoms with Crippen molar-refractivity contribution in [2.45, 2.75) is 44.6 Å². The molecule has 0 spiro atoms. The summed E-state index contributed by atoms with van der Waals surface area (Å²) < 4.78 is 0. The van der Waals surface area contributed by atoms with Gasteiger partial charge in [-0.25, -0.2) is 4.98 Å². The molecule has 3 nitrogen and oxygen atoms in total. The molecule has 2 heterocycles. The van der Waals surface area contributed by atoms with Gasteiger partial charge < -0.3 is 10.3 Å². The predicted octanol–water partition coefficient (Wildman–Crippen LogP) is 1.71. The zero-order valence-corrected chi connectivity index (χ0v) is 8.47. The fourth-order valence-electron chi connectivity index (χ4n) is 2.63. The third-order valence-corrected chi connectivity index (χ3v) is 3.46. The van der Waals surface area contributed by atoms with Crippen LogP contribution >= 0.6 is 0 Å². The van der Waals surface area contributed by atoms with Gasteiger partial charge >= 0.3 is 0 Å². The van der Waals surface area contributed by atoms with E-state index in [1.165, 1.54) is 42.9 Å². The van der Waals surface area contributed by atoms with Gasteiger partial charge in [0.1, 0.15) is 5.82 Å². The molecule has 76 valence electrons. The molecule has 0 bridgehead atoms. The fourth-order valence-corrected chi connectivity index (χ4v) is 2.63. The largest absolute Gasteiger partial charge is 0.344 e. The third-order valence-electron chi connectivity index (χ3n) is 3.46. The Labute approximate surface area is 84.3 Å². The van der Waals surface area contributed by atoms with E-state index in [1.54, 1.807) is 0 Å². The second kappa shape index (κ2) is 3.39. The van der Waals surface area contributed by atoms with Crippen LogP contribution in [-0.2, 0) is 13.0 Å². The minimum Gasteiger partial charge on any atom is -0.344 e. The van der Waals surface area contributed by atoms with Crippen molar-refractivity contribution in [3.05, 3.63) is 17.2 Å². The first-order valence-corrected chi connectivity index (χ1v) is 5.72. The lowest BCUT2D eigenvalue weighted by Crippen LogP contribution is -2.23. The maximum Gasteiger partial charge on any atom is 0.109 e. The van der Waals surface area contributed by atoms with E-state index >= 15 is 0 Å². The van der Waals surface area contributed by atoms with Crippen LogP contribution in [-0.4, -0.2) is 16.5 Å². The van der Waals surface area contributed by atoms with E-state index in [1.807, 2.05) is 0 Å². The fraction of sp³-hybridized carbons (Fsp3) is 0.727. The van der Waals surface area contributed by atoms with E-state index in [9.17, 15) is 0 Å². The van der Waals surface area contributed by atoms with Gasteiger partial charge in [0, 0.05) is 25.4 Å². The molecule has 0 atom stereocenters. The summed E-state index contributed by atoms with van der Waals surface area (Å²) in [7, 11) is 0. The molecule has 14 heavy (non-hydrogen) atoms. The van der Waals surface area contributed by atoms with E-state index in [2.05, 4.69) is 10.3 Å². The van der Waals surface area contributed by atoms with Crippen LogP contribution in [0.3, 0.4) is 0 Å². The molecule has 3 rings (SSSR count). The molecule has 1 fully saturated rings. The molecule has 1 aromatic rings. The summed E-state index contributed by atoms with van der Waals surface area (Å²) in [6.07, 6.45) is 6.53. The van der Waals surface area contributed by atoms with Crippen molar-refractivity contribution in [2.75, 3.05) is 6.54 Å². The second-order valence-electron chi connectivity index (χ2n) is 4.46. The van der Waals surface area contributed by atoms with Crippen LogP contribution < -0.4 is 5.32 Å². The SMILES string of the molecule is C1CCC(c2nc3c([nH]2)CNCC3)C1. The van der Waals surface area contributed by atoms with Gasteiger partial charge in [0.15, 0.2) is 0 Å². The molecule has 1 aliphatic heterocycles. The number of imidazole rings is 1. The van der Waals surface area contributed by atoms with Gasteiger partial charge in [0.05, 0.1) is 11.4 Å². The third kappa shape index (κ3) is 1.36. The van der Waals surface area contributed by atoms with Crippen molar-refractivity contribution in [3.8, 4) is 0 Å². The quantitative estimate of drug-likeness (QED) is 0.709. The van der Waals surface area contributed by atoms with Crippen molar-refractivity contribution < 1.29 is 0 Å². The van der Waals surface area contributed by atoms with Gasteiger partial charge in [-0.05, 0) is 12.8 Å². The summed E-state index contributed by atoms with van der Waals surface area (Å²) in [6.45, 7) is 2.07. The van der Waals surface area contributed by atoms with Crippen LogP contribution in [0.5, 0.6) is 0 Å². The van der Waals surface area contributed by atoms with Crippen LogP contribution in [0.15, 0.2) is 0 Å². The molecular weight excluding hydrogens is 174 g/mol. The molecule has 0 aromatic carbocycles. The highest BCUT2D eigenvalue weighted by Crippen LogP contribution is 2.33. The molecule has 0 amide bonds. The average molecular weight is 191 g/mol. The van der Waals surface area contributed by atoms with Crippen LogP contribution in [0.1, 0.15) is 48.8 Å². The van der Waals surface area contributed by atoms with E-state index < -0.39 is 0 Å². The Balaban J connectivity index is 1.87.